The molecule has 1 fully saturated rings. The van der Waals surface area contributed by atoms with Gasteiger partial charge in [0.1, 0.15) is 11.8 Å². The zero-order valence-corrected chi connectivity index (χ0v) is 17.2. The van der Waals surface area contributed by atoms with Crippen molar-refractivity contribution in [3.05, 3.63) is 29.8 Å². The highest BCUT2D eigenvalue weighted by Crippen LogP contribution is 2.38. The molecule has 2 rings (SSSR count). The average Bonchev–Trinajstić information content (AvgIpc) is 3.12. The number of nitrogens with zero attached hydrogens (tertiary/aromatic N) is 1. The van der Waals surface area contributed by atoms with Crippen LogP contribution in [0.4, 0.5) is 0 Å². The number of methoxy groups -OCH3 is 1. The van der Waals surface area contributed by atoms with Crippen molar-refractivity contribution >= 4 is 17.8 Å². The summed E-state index contributed by atoms with van der Waals surface area (Å²) in [4.78, 5) is 39.3. The molecule has 1 aromatic rings. The number of amides is 2. The van der Waals surface area contributed by atoms with Crippen LogP contribution >= 0.6 is 0 Å². The van der Waals surface area contributed by atoms with E-state index >= 15 is 0 Å². The van der Waals surface area contributed by atoms with Gasteiger partial charge < -0.3 is 20.1 Å². The fraction of sp³-hybridized carbons (Fsp3) is 0.571. The van der Waals surface area contributed by atoms with Gasteiger partial charge in [-0.1, -0.05) is 39.8 Å². The summed E-state index contributed by atoms with van der Waals surface area (Å²) in [7, 11) is 1.48. The van der Waals surface area contributed by atoms with Crippen LogP contribution < -0.4 is 10.1 Å². The summed E-state index contributed by atoms with van der Waals surface area (Å²) in [5.74, 6) is -1.33. The molecule has 7 nitrogen and oxygen atoms in total. The second-order valence-corrected chi connectivity index (χ2v) is 8.02. The lowest BCUT2D eigenvalue weighted by Gasteiger charge is -2.31. The molecule has 1 saturated heterocycles. The van der Waals surface area contributed by atoms with Crippen molar-refractivity contribution in [2.75, 3.05) is 20.2 Å². The number of hydrogen-bond acceptors (Lipinski definition) is 4. The fourth-order valence-corrected chi connectivity index (χ4v) is 3.68. The largest absolute Gasteiger partial charge is 0.496 e. The molecule has 0 aliphatic carbocycles. The molecule has 0 spiro atoms. The first kappa shape index (κ1) is 21.7. The number of carbonyl (C=O) groups is 3. The Balaban J connectivity index is 2.19. The Morgan fingerprint density at radius 2 is 1.82 bits per heavy atom. The van der Waals surface area contributed by atoms with Crippen molar-refractivity contribution in [1.29, 1.82) is 0 Å². The van der Waals surface area contributed by atoms with Crippen LogP contribution in [0.3, 0.4) is 0 Å². The van der Waals surface area contributed by atoms with Crippen molar-refractivity contribution in [2.24, 2.45) is 17.3 Å². The fourth-order valence-electron chi connectivity index (χ4n) is 3.68. The van der Waals surface area contributed by atoms with E-state index in [0.717, 1.165) is 0 Å². The number of para-hydroxylation sites is 1. The molecule has 0 aromatic heterocycles. The Morgan fingerprint density at radius 3 is 2.32 bits per heavy atom. The van der Waals surface area contributed by atoms with E-state index in [1.807, 2.05) is 27.7 Å². The van der Waals surface area contributed by atoms with Gasteiger partial charge in [0, 0.05) is 13.1 Å². The van der Waals surface area contributed by atoms with Crippen LogP contribution in [-0.4, -0.2) is 54.0 Å². The maximum absolute atomic E-state index is 13.1. The van der Waals surface area contributed by atoms with Gasteiger partial charge in [0.05, 0.1) is 18.1 Å². The Morgan fingerprint density at radius 1 is 1.18 bits per heavy atom. The van der Waals surface area contributed by atoms with Crippen molar-refractivity contribution in [2.45, 2.75) is 40.2 Å². The summed E-state index contributed by atoms with van der Waals surface area (Å²) in [6, 6.07) is 6.08. The van der Waals surface area contributed by atoms with Gasteiger partial charge in [-0.05, 0) is 30.4 Å². The summed E-state index contributed by atoms with van der Waals surface area (Å²) in [5, 5.41) is 12.5. The minimum atomic E-state index is -0.941. The van der Waals surface area contributed by atoms with E-state index in [9.17, 15) is 19.5 Å². The van der Waals surface area contributed by atoms with Gasteiger partial charge in [0.25, 0.3) is 5.91 Å². The summed E-state index contributed by atoms with van der Waals surface area (Å²) in [6.45, 7) is 7.97. The molecule has 7 heteroatoms. The molecule has 2 amide bonds. The van der Waals surface area contributed by atoms with Crippen molar-refractivity contribution < 1.29 is 24.2 Å². The van der Waals surface area contributed by atoms with Gasteiger partial charge in [-0.25, -0.2) is 0 Å². The molecule has 0 radical (unpaired) electrons. The number of carbonyl (C=O) groups excluding carboxylic acids is 2. The van der Waals surface area contributed by atoms with E-state index in [4.69, 9.17) is 4.74 Å². The Bertz CT molecular complexity index is 746. The molecule has 1 heterocycles. The van der Waals surface area contributed by atoms with E-state index in [1.54, 1.807) is 29.2 Å². The molecule has 154 valence electrons. The topological polar surface area (TPSA) is 95.9 Å². The maximum Gasteiger partial charge on any atom is 0.311 e. The van der Waals surface area contributed by atoms with E-state index in [-0.39, 0.29) is 24.3 Å². The van der Waals surface area contributed by atoms with Crippen molar-refractivity contribution in [3.63, 3.8) is 0 Å². The molecule has 0 saturated carbocycles. The van der Waals surface area contributed by atoms with Crippen LogP contribution in [0.15, 0.2) is 24.3 Å². The highest BCUT2D eigenvalue weighted by molar-refractivity contribution is 5.99. The van der Waals surface area contributed by atoms with Gasteiger partial charge in [0.2, 0.25) is 5.91 Å². The van der Waals surface area contributed by atoms with E-state index in [0.29, 0.717) is 24.3 Å². The zero-order chi connectivity index (χ0) is 21.1. The molecular formula is C21H30N2O5. The van der Waals surface area contributed by atoms with E-state index in [2.05, 4.69) is 5.32 Å². The second-order valence-electron chi connectivity index (χ2n) is 8.02. The highest BCUT2D eigenvalue weighted by Gasteiger charge is 2.49. The third-order valence-corrected chi connectivity index (χ3v) is 5.71. The van der Waals surface area contributed by atoms with Gasteiger partial charge in [-0.3, -0.25) is 14.4 Å². The number of likely N-dealkylation sites (tertiary alicyclic amines) is 1. The lowest BCUT2D eigenvalue weighted by molar-refractivity contribution is -0.151. The van der Waals surface area contributed by atoms with E-state index in [1.165, 1.54) is 7.11 Å². The minimum Gasteiger partial charge on any atom is -0.496 e. The molecule has 1 aliphatic heterocycles. The predicted molar refractivity (Wildman–Crippen MR) is 105 cm³/mol. The number of nitrogens with one attached hydrogen (secondary N) is 1. The number of aliphatic carboxylic acids is 1. The number of rotatable bonds is 7. The van der Waals surface area contributed by atoms with Crippen LogP contribution in [0, 0.1) is 17.3 Å². The summed E-state index contributed by atoms with van der Waals surface area (Å²) in [5.41, 5.74) is -0.587. The van der Waals surface area contributed by atoms with Crippen molar-refractivity contribution in [3.8, 4) is 5.75 Å². The highest BCUT2D eigenvalue weighted by atomic mass is 16.5. The monoisotopic (exact) mass is 390 g/mol. The average molecular weight is 390 g/mol. The van der Waals surface area contributed by atoms with Gasteiger partial charge in [-0.2, -0.15) is 0 Å². The number of carboxylic acids is 1. The van der Waals surface area contributed by atoms with Gasteiger partial charge >= 0.3 is 5.97 Å². The number of ether oxygens (including phenoxy) is 1. The molecule has 2 unspecified atom stereocenters. The number of benzene rings is 1. The summed E-state index contributed by atoms with van der Waals surface area (Å²) in [6.07, 6.45) is 0.414. The molecule has 2 N–H and O–H groups in total. The standard InChI is InChI=1S/C21H30N2O5/c1-13(2)17(22-18(24)15-8-6-7-9-16(15)28-5)19(25)23-11-10-21(12-23,14(3)4)20(26)27/h6-9,13-14,17H,10-12H2,1-5H3,(H,22,24)(H,26,27). The molecule has 2 atom stereocenters. The summed E-state index contributed by atoms with van der Waals surface area (Å²) >= 11 is 0. The van der Waals surface area contributed by atoms with Gasteiger partial charge in [0.15, 0.2) is 0 Å². The number of hydrogen-bond donors (Lipinski definition) is 2. The van der Waals surface area contributed by atoms with Gasteiger partial charge in [-0.15, -0.1) is 0 Å². The minimum absolute atomic E-state index is 0.0940. The van der Waals surface area contributed by atoms with Crippen LogP contribution in [0.5, 0.6) is 5.75 Å². The summed E-state index contributed by atoms with van der Waals surface area (Å²) < 4.78 is 5.23. The Labute approximate surface area is 166 Å². The molecular weight excluding hydrogens is 360 g/mol. The Hall–Kier alpha value is -2.57. The maximum atomic E-state index is 13.1. The molecule has 1 aliphatic rings. The SMILES string of the molecule is COc1ccccc1C(=O)NC(C(=O)N1CCC(C(=O)O)(C(C)C)C1)C(C)C. The lowest BCUT2D eigenvalue weighted by atomic mass is 9.76. The normalized spacial score (nSPS) is 20.3. The zero-order valence-electron chi connectivity index (χ0n) is 17.2. The van der Waals surface area contributed by atoms with Crippen molar-refractivity contribution in [1.82, 2.24) is 10.2 Å². The number of carboxylic acid groups (broad SMARTS) is 1. The molecule has 28 heavy (non-hydrogen) atoms. The first-order valence-electron chi connectivity index (χ1n) is 9.60. The van der Waals surface area contributed by atoms with E-state index < -0.39 is 23.3 Å². The first-order chi connectivity index (χ1) is 13.1. The third kappa shape index (κ3) is 4.13. The lowest BCUT2D eigenvalue weighted by Crippen LogP contribution is -2.51. The quantitative estimate of drug-likeness (QED) is 0.745. The predicted octanol–water partition coefficient (Wildman–Crippen LogP) is 2.41. The first-order valence-corrected chi connectivity index (χ1v) is 9.60. The van der Waals surface area contributed by atoms with Crippen LogP contribution in [-0.2, 0) is 9.59 Å². The van der Waals surface area contributed by atoms with Crippen LogP contribution in [0.25, 0.3) is 0 Å². The Kier molecular flexibility index (Phi) is 6.69. The second kappa shape index (κ2) is 8.63. The molecule has 0 bridgehead atoms. The molecule has 1 aromatic carbocycles. The smallest absolute Gasteiger partial charge is 0.311 e. The third-order valence-electron chi connectivity index (χ3n) is 5.71. The van der Waals surface area contributed by atoms with Crippen LogP contribution in [0.2, 0.25) is 0 Å². The van der Waals surface area contributed by atoms with Crippen LogP contribution in [0.1, 0.15) is 44.5 Å².